The molecule has 1 aromatic rings. The average molecular weight is 196 g/mol. The Labute approximate surface area is 85.9 Å². The summed E-state index contributed by atoms with van der Waals surface area (Å²) in [6, 6.07) is 0. The lowest BCUT2D eigenvalue weighted by Gasteiger charge is -2.12. The van der Waals surface area contributed by atoms with E-state index in [4.69, 9.17) is 4.42 Å². The molecule has 3 heteroatoms. The molecule has 14 heavy (non-hydrogen) atoms. The lowest BCUT2D eigenvalue weighted by molar-refractivity contribution is 0.370. The van der Waals surface area contributed by atoms with Crippen molar-refractivity contribution in [3.8, 4) is 0 Å². The van der Waals surface area contributed by atoms with E-state index in [0.717, 1.165) is 31.0 Å². The third kappa shape index (κ3) is 3.14. The van der Waals surface area contributed by atoms with Crippen LogP contribution in [0.4, 0.5) is 0 Å². The van der Waals surface area contributed by atoms with Crippen LogP contribution in [0.5, 0.6) is 0 Å². The van der Waals surface area contributed by atoms with Gasteiger partial charge in [-0.3, -0.25) is 0 Å². The molecule has 0 bridgehead atoms. The van der Waals surface area contributed by atoms with Gasteiger partial charge in [0.2, 0.25) is 0 Å². The van der Waals surface area contributed by atoms with Crippen molar-refractivity contribution < 1.29 is 4.42 Å². The van der Waals surface area contributed by atoms with Crippen LogP contribution in [0.2, 0.25) is 0 Å². The predicted octanol–water partition coefficient (Wildman–Crippen LogP) is 2.12. The minimum Gasteiger partial charge on any atom is -0.445 e. The molecule has 0 aliphatic heterocycles. The molecule has 0 saturated carbocycles. The number of nitrogens with one attached hydrogen (secondary N) is 1. The van der Waals surface area contributed by atoms with E-state index in [9.17, 15) is 0 Å². The highest BCUT2D eigenvalue weighted by Crippen LogP contribution is 2.21. The summed E-state index contributed by atoms with van der Waals surface area (Å²) in [6.45, 7) is 7.34. The summed E-state index contributed by atoms with van der Waals surface area (Å²) in [5, 5.41) is 3.11. The molecule has 1 aromatic heterocycles. The molecule has 0 spiro atoms. The standard InChI is InChI=1S/C11H20N2O/c1-11(2,3)10-13-8-9(14-10)6-5-7-12-4/h8,12H,5-7H2,1-4H3. The fourth-order valence-corrected chi connectivity index (χ4v) is 1.21. The molecular formula is C11H20N2O. The van der Waals surface area contributed by atoms with Crippen LogP contribution < -0.4 is 5.32 Å². The Morgan fingerprint density at radius 2 is 2.14 bits per heavy atom. The monoisotopic (exact) mass is 196 g/mol. The van der Waals surface area contributed by atoms with Crippen LogP contribution in [0.1, 0.15) is 38.8 Å². The number of aromatic nitrogens is 1. The van der Waals surface area contributed by atoms with Crippen LogP contribution in [-0.4, -0.2) is 18.6 Å². The first kappa shape index (κ1) is 11.2. The van der Waals surface area contributed by atoms with Crippen molar-refractivity contribution in [2.75, 3.05) is 13.6 Å². The summed E-state index contributed by atoms with van der Waals surface area (Å²) >= 11 is 0. The zero-order valence-corrected chi connectivity index (χ0v) is 9.55. The van der Waals surface area contributed by atoms with Gasteiger partial charge in [0.15, 0.2) is 5.89 Å². The summed E-state index contributed by atoms with van der Waals surface area (Å²) in [5.41, 5.74) is 0.0151. The number of aryl methyl sites for hydroxylation is 1. The van der Waals surface area contributed by atoms with Crippen LogP contribution in [-0.2, 0) is 11.8 Å². The highest BCUT2D eigenvalue weighted by Gasteiger charge is 2.19. The fraction of sp³-hybridized carbons (Fsp3) is 0.727. The zero-order chi connectivity index (χ0) is 10.6. The van der Waals surface area contributed by atoms with Crippen molar-refractivity contribution >= 4 is 0 Å². The lowest BCUT2D eigenvalue weighted by atomic mass is 9.97. The van der Waals surface area contributed by atoms with E-state index in [1.165, 1.54) is 0 Å². The van der Waals surface area contributed by atoms with E-state index >= 15 is 0 Å². The van der Waals surface area contributed by atoms with Crippen molar-refractivity contribution in [1.29, 1.82) is 0 Å². The highest BCUT2D eigenvalue weighted by molar-refractivity contribution is 5.02. The van der Waals surface area contributed by atoms with Gasteiger partial charge in [0.1, 0.15) is 5.76 Å². The molecule has 80 valence electrons. The molecular weight excluding hydrogens is 176 g/mol. The van der Waals surface area contributed by atoms with Crippen molar-refractivity contribution in [2.24, 2.45) is 0 Å². The Morgan fingerprint density at radius 3 is 2.64 bits per heavy atom. The van der Waals surface area contributed by atoms with Gasteiger partial charge in [-0.2, -0.15) is 0 Å². The minimum absolute atomic E-state index is 0.0151. The van der Waals surface area contributed by atoms with Crippen LogP contribution in [0.25, 0.3) is 0 Å². The van der Waals surface area contributed by atoms with Crippen molar-refractivity contribution in [3.63, 3.8) is 0 Å². The molecule has 0 unspecified atom stereocenters. The van der Waals surface area contributed by atoms with E-state index in [1.807, 2.05) is 13.2 Å². The number of hydrogen-bond acceptors (Lipinski definition) is 3. The topological polar surface area (TPSA) is 38.1 Å². The highest BCUT2D eigenvalue weighted by atomic mass is 16.4. The second kappa shape index (κ2) is 4.60. The van der Waals surface area contributed by atoms with Gasteiger partial charge in [-0.15, -0.1) is 0 Å². The van der Waals surface area contributed by atoms with Gasteiger partial charge < -0.3 is 9.73 Å². The number of oxazole rings is 1. The smallest absolute Gasteiger partial charge is 0.199 e. The Kier molecular flexibility index (Phi) is 3.69. The summed E-state index contributed by atoms with van der Waals surface area (Å²) in [7, 11) is 1.96. The zero-order valence-electron chi connectivity index (χ0n) is 9.55. The Hall–Kier alpha value is -0.830. The molecule has 1 rings (SSSR count). The van der Waals surface area contributed by atoms with E-state index in [2.05, 4.69) is 31.1 Å². The molecule has 1 heterocycles. The third-order valence-corrected chi connectivity index (χ3v) is 2.05. The van der Waals surface area contributed by atoms with Crippen LogP contribution in [0, 0.1) is 0 Å². The van der Waals surface area contributed by atoms with Crippen molar-refractivity contribution in [1.82, 2.24) is 10.3 Å². The number of nitrogens with zero attached hydrogens (tertiary/aromatic N) is 1. The summed E-state index contributed by atoms with van der Waals surface area (Å²) in [5.74, 6) is 1.82. The molecule has 0 amide bonds. The number of hydrogen-bond donors (Lipinski definition) is 1. The van der Waals surface area contributed by atoms with E-state index in [0.29, 0.717) is 0 Å². The van der Waals surface area contributed by atoms with Gasteiger partial charge in [-0.1, -0.05) is 20.8 Å². The maximum Gasteiger partial charge on any atom is 0.199 e. The van der Waals surface area contributed by atoms with Gasteiger partial charge in [0, 0.05) is 11.8 Å². The van der Waals surface area contributed by atoms with Crippen LogP contribution >= 0.6 is 0 Å². The largest absolute Gasteiger partial charge is 0.445 e. The molecule has 0 radical (unpaired) electrons. The maximum atomic E-state index is 5.66. The fourth-order valence-electron chi connectivity index (χ4n) is 1.21. The normalized spacial score (nSPS) is 12.0. The molecule has 0 aromatic carbocycles. The quantitative estimate of drug-likeness (QED) is 0.750. The Morgan fingerprint density at radius 1 is 1.43 bits per heavy atom. The van der Waals surface area contributed by atoms with Crippen LogP contribution in [0.3, 0.4) is 0 Å². The molecule has 0 atom stereocenters. The molecule has 1 N–H and O–H groups in total. The Balaban J connectivity index is 2.51. The lowest BCUT2D eigenvalue weighted by Crippen LogP contribution is -2.11. The van der Waals surface area contributed by atoms with Gasteiger partial charge in [-0.25, -0.2) is 4.98 Å². The van der Waals surface area contributed by atoms with Crippen molar-refractivity contribution in [3.05, 3.63) is 17.8 Å². The molecule has 0 fully saturated rings. The van der Waals surface area contributed by atoms with Gasteiger partial charge in [0.25, 0.3) is 0 Å². The first-order valence-corrected chi connectivity index (χ1v) is 5.14. The van der Waals surface area contributed by atoms with E-state index in [-0.39, 0.29) is 5.41 Å². The summed E-state index contributed by atoms with van der Waals surface area (Å²) in [4.78, 5) is 4.28. The maximum absolute atomic E-state index is 5.66. The average Bonchev–Trinajstić information content (AvgIpc) is 2.52. The molecule has 3 nitrogen and oxygen atoms in total. The summed E-state index contributed by atoms with van der Waals surface area (Å²) in [6.07, 6.45) is 3.90. The summed E-state index contributed by atoms with van der Waals surface area (Å²) < 4.78 is 5.66. The number of rotatable bonds is 4. The Bertz CT molecular complexity index is 273. The molecule has 0 aliphatic carbocycles. The first-order chi connectivity index (χ1) is 6.54. The van der Waals surface area contributed by atoms with Gasteiger partial charge in [-0.05, 0) is 20.0 Å². The van der Waals surface area contributed by atoms with Gasteiger partial charge >= 0.3 is 0 Å². The van der Waals surface area contributed by atoms with Crippen LogP contribution in [0.15, 0.2) is 10.6 Å². The third-order valence-electron chi connectivity index (χ3n) is 2.05. The van der Waals surface area contributed by atoms with E-state index in [1.54, 1.807) is 0 Å². The first-order valence-electron chi connectivity index (χ1n) is 5.14. The minimum atomic E-state index is 0.0151. The van der Waals surface area contributed by atoms with Crippen molar-refractivity contribution in [2.45, 2.75) is 39.0 Å². The SMILES string of the molecule is CNCCCc1cnc(C(C)(C)C)o1. The van der Waals surface area contributed by atoms with E-state index < -0.39 is 0 Å². The molecule has 0 saturated heterocycles. The predicted molar refractivity (Wildman–Crippen MR) is 57.5 cm³/mol. The van der Waals surface area contributed by atoms with Gasteiger partial charge in [0.05, 0.1) is 6.20 Å². The molecule has 0 aliphatic rings. The second-order valence-corrected chi connectivity index (χ2v) is 4.59. The second-order valence-electron chi connectivity index (χ2n) is 4.59.